The second kappa shape index (κ2) is 6.40. The third-order valence-electron chi connectivity index (χ3n) is 6.18. The van der Waals surface area contributed by atoms with Crippen molar-refractivity contribution < 1.29 is 0 Å². The maximum atomic E-state index is 4.67. The third kappa shape index (κ3) is 2.58. The summed E-state index contributed by atoms with van der Waals surface area (Å²) in [4.78, 5) is 17.5. The summed E-state index contributed by atoms with van der Waals surface area (Å²) in [5.41, 5.74) is 2.34. The fraction of sp³-hybridized carbons (Fsp3) is 0.429. The number of likely N-dealkylation sites (tertiary alicyclic amines) is 1. The van der Waals surface area contributed by atoms with E-state index in [9.17, 15) is 0 Å². The summed E-state index contributed by atoms with van der Waals surface area (Å²) in [5.74, 6) is 1.77. The first-order valence-electron chi connectivity index (χ1n) is 9.64. The van der Waals surface area contributed by atoms with Crippen LogP contribution < -0.4 is 4.90 Å². The summed E-state index contributed by atoms with van der Waals surface area (Å²) >= 11 is 0. The molecule has 2 saturated heterocycles. The minimum absolute atomic E-state index is 0.528. The second-order valence-corrected chi connectivity index (χ2v) is 7.70. The van der Waals surface area contributed by atoms with Crippen LogP contribution in [0.15, 0.2) is 48.9 Å². The lowest BCUT2D eigenvalue weighted by Crippen LogP contribution is -2.53. The van der Waals surface area contributed by atoms with E-state index in [1.54, 1.807) is 6.33 Å². The Morgan fingerprint density at radius 2 is 1.96 bits per heavy atom. The minimum Gasteiger partial charge on any atom is -0.351 e. The van der Waals surface area contributed by atoms with Gasteiger partial charge in [-0.05, 0) is 36.9 Å². The molecule has 5 nitrogen and oxygen atoms in total. The van der Waals surface area contributed by atoms with Gasteiger partial charge in [-0.2, -0.15) is 0 Å². The Hall–Kier alpha value is -2.40. The van der Waals surface area contributed by atoms with Crippen molar-refractivity contribution in [1.29, 1.82) is 0 Å². The molecule has 2 aliphatic rings. The van der Waals surface area contributed by atoms with Crippen molar-refractivity contribution in [2.75, 3.05) is 18.0 Å². The highest BCUT2D eigenvalue weighted by Gasteiger charge is 2.44. The number of rotatable bonds is 3. The average molecular weight is 347 g/mol. The monoisotopic (exact) mass is 347 g/mol. The molecular weight excluding hydrogens is 322 g/mol. The zero-order valence-electron chi connectivity index (χ0n) is 15.2. The first-order valence-corrected chi connectivity index (χ1v) is 9.64. The van der Waals surface area contributed by atoms with Gasteiger partial charge in [-0.15, -0.1) is 0 Å². The molecule has 1 N–H and O–H groups in total. The lowest BCUT2D eigenvalue weighted by molar-refractivity contribution is 0.104. The lowest BCUT2D eigenvalue weighted by atomic mass is 9.87. The van der Waals surface area contributed by atoms with Gasteiger partial charge < -0.3 is 9.88 Å². The van der Waals surface area contributed by atoms with Gasteiger partial charge in [0.05, 0.1) is 5.39 Å². The molecule has 0 aliphatic carbocycles. The van der Waals surface area contributed by atoms with Crippen molar-refractivity contribution in [2.24, 2.45) is 5.92 Å². The Morgan fingerprint density at radius 3 is 2.85 bits per heavy atom. The topological polar surface area (TPSA) is 48.1 Å². The molecule has 0 spiro atoms. The molecule has 3 unspecified atom stereocenters. The minimum atomic E-state index is 0.528. The Bertz CT molecular complexity index is 890. The van der Waals surface area contributed by atoms with Crippen LogP contribution in [0.5, 0.6) is 0 Å². The molecule has 2 fully saturated rings. The van der Waals surface area contributed by atoms with Gasteiger partial charge in [0.2, 0.25) is 0 Å². The number of hydrogen-bond donors (Lipinski definition) is 1. The summed E-state index contributed by atoms with van der Waals surface area (Å²) in [6.07, 6.45) is 6.10. The Balaban J connectivity index is 1.45. The largest absolute Gasteiger partial charge is 0.351 e. The third-order valence-corrected chi connectivity index (χ3v) is 6.18. The van der Waals surface area contributed by atoms with Crippen LogP contribution in [0.3, 0.4) is 0 Å². The normalized spacial score (nSPS) is 26.3. The summed E-state index contributed by atoms with van der Waals surface area (Å²) < 4.78 is 0. The van der Waals surface area contributed by atoms with Crippen LogP contribution in [0.25, 0.3) is 11.0 Å². The molecular formula is C21H25N5. The lowest BCUT2D eigenvalue weighted by Gasteiger charge is -2.44. The van der Waals surface area contributed by atoms with E-state index in [4.69, 9.17) is 0 Å². The van der Waals surface area contributed by atoms with E-state index in [2.05, 4.69) is 68.1 Å². The first kappa shape index (κ1) is 15.8. The van der Waals surface area contributed by atoms with Gasteiger partial charge in [0.1, 0.15) is 17.8 Å². The van der Waals surface area contributed by atoms with Gasteiger partial charge >= 0.3 is 0 Å². The maximum absolute atomic E-state index is 4.67. The van der Waals surface area contributed by atoms with Crippen molar-refractivity contribution in [3.63, 3.8) is 0 Å². The number of H-pyrrole nitrogens is 1. The number of nitrogens with zero attached hydrogens (tertiary/aromatic N) is 4. The molecule has 3 aromatic rings. The van der Waals surface area contributed by atoms with Crippen molar-refractivity contribution in [3.8, 4) is 0 Å². The summed E-state index contributed by atoms with van der Waals surface area (Å²) in [5, 5.41) is 1.14. The van der Waals surface area contributed by atoms with Gasteiger partial charge in [0.25, 0.3) is 0 Å². The molecule has 5 rings (SSSR count). The number of piperidine rings is 1. The summed E-state index contributed by atoms with van der Waals surface area (Å²) in [6, 6.07) is 14.1. The Morgan fingerprint density at radius 1 is 1.08 bits per heavy atom. The molecule has 1 aromatic carbocycles. The highest BCUT2D eigenvalue weighted by atomic mass is 15.3. The van der Waals surface area contributed by atoms with Crippen molar-refractivity contribution >= 4 is 16.9 Å². The van der Waals surface area contributed by atoms with Gasteiger partial charge in [0.15, 0.2) is 0 Å². The number of aromatic nitrogens is 3. The van der Waals surface area contributed by atoms with Crippen molar-refractivity contribution in [2.45, 2.75) is 38.4 Å². The van der Waals surface area contributed by atoms with Crippen LogP contribution >= 0.6 is 0 Å². The Kier molecular flexibility index (Phi) is 3.89. The second-order valence-electron chi connectivity index (χ2n) is 7.70. The molecule has 134 valence electrons. The number of benzene rings is 1. The highest BCUT2D eigenvalue weighted by molar-refractivity contribution is 5.87. The van der Waals surface area contributed by atoms with Crippen LogP contribution in [-0.2, 0) is 6.54 Å². The summed E-state index contributed by atoms with van der Waals surface area (Å²) in [7, 11) is 0. The molecule has 5 heteroatoms. The predicted octanol–water partition coefficient (Wildman–Crippen LogP) is 3.45. The molecule has 0 amide bonds. The number of aromatic amines is 1. The van der Waals surface area contributed by atoms with Crippen LogP contribution in [0, 0.1) is 5.92 Å². The molecule has 26 heavy (non-hydrogen) atoms. The summed E-state index contributed by atoms with van der Waals surface area (Å²) in [6.45, 7) is 5.72. The van der Waals surface area contributed by atoms with Gasteiger partial charge in [-0.3, -0.25) is 4.90 Å². The average Bonchev–Trinajstić information content (AvgIpc) is 3.32. The van der Waals surface area contributed by atoms with Gasteiger partial charge in [0, 0.05) is 31.4 Å². The van der Waals surface area contributed by atoms with E-state index in [-0.39, 0.29) is 0 Å². The molecule has 4 heterocycles. The maximum Gasteiger partial charge on any atom is 0.142 e. The zero-order valence-corrected chi connectivity index (χ0v) is 15.2. The number of nitrogens with one attached hydrogen (secondary N) is 1. The molecule has 3 atom stereocenters. The van der Waals surface area contributed by atoms with Crippen molar-refractivity contribution in [3.05, 3.63) is 54.5 Å². The predicted molar refractivity (Wildman–Crippen MR) is 104 cm³/mol. The Labute approximate surface area is 154 Å². The van der Waals surface area contributed by atoms with Crippen LogP contribution in [0.2, 0.25) is 0 Å². The number of hydrogen-bond acceptors (Lipinski definition) is 4. The molecule has 2 aromatic heterocycles. The fourth-order valence-electron chi connectivity index (χ4n) is 4.94. The molecule has 0 radical (unpaired) electrons. The molecule has 2 aliphatic heterocycles. The SMILES string of the molecule is CC1CCN(Cc2ccccc2)C2CCN(c3ncnc4[nH]ccc34)C12. The smallest absolute Gasteiger partial charge is 0.142 e. The zero-order chi connectivity index (χ0) is 17.5. The van der Waals surface area contributed by atoms with Crippen molar-refractivity contribution in [1.82, 2.24) is 19.9 Å². The molecule has 0 bridgehead atoms. The number of anilines is 1. The van der Waals surface area contributed by atoms with Crippen LogP contribution in [0.1, 0.15) is 25.3 Å². The van der Waals surface area contributed by atoms with E-state index in [0.29, 0.717) is 18.0 Å². The van der Waals surface area contributed by atoms with Crippen LogP contribution in [-0.4, -0.2) is 45.0 Å². The fourth-order valence-corrected chi connectivity index (χ4v) is 4.94. The van der Waals surface area contributed by atoms with Gasteiger partial charge in [-0.1, -0.05) is 37.3 Å². The highest BCUT2D eigenvalue weighted by Crippen LogP contribution is 2.39. The first-order chi connectivity index (χ1) is 12.8. The van der Waals surface area contributed by atoms with E-state index in [1.807, 2.05) is 6.20 Å². The van der Waals surface area contributed by atoms with E-state index in [0.717, 1.165) is 29.9 Å². The van der Waals surface area contributed by atoms with E-state index in [1.165, 1.54) is 24.9 Å². The van der Waals surface area contributed by atoms with E-state index < -0.39 is 0 Å². The van der Waals surface area contributed by atoms with E-state index >= 15 is 0 Å². The number of fused-ring (bicyclic) bond motifs is 2. The van der Waals surface area contributed by atoms with Crippen LogP contribution in [0.4, 0.5) is 5.82 Å². The quantitative estimate of drug-likeness (QED) is 0.788. The molecule has 0 saturated carbocycles. The van der Waals surface area contributed by atoms with Gasteiger partial charge in [-0.25, -0.2) is 9.97 Å². The standard InChI is InChI=1S/C21H25N5/c1-15-8-11-25(13-16-5-3-2-4-6-16)18-9-12-26(19(15)18)21-17-7-10-22-20(17)23-14-24-21/h2-7,10,14-15,18-19H,8-9,11-13H2,1H3,(H,22,23,24).